The first-order valence-corrected chi connectivity index (χ1v) is 7.33. The van der Waals surface area contributed by atoms with Gasteiger partial charge in [-0.3, -0.25) is 0 Å². The van der Waals surface area contributed by atoms with E-state index in [-0.39, 0.29) is 10.9 Å². The van der Waals surface area contributed by atoms with Crippen molar-refractivity contribution in [2.45, 2.75) is 23.8 Å². The van der Waals surface area contributed by atoms with E-state index in [9.17, 15) is 8.42 Å². The molecule has 0 spiro atoms. The van der Waals surface area contributed by atoms with Crippen molar-refractivity contribution >= 4 is 10.0 Å². The van der Waals surface area contributed by atoms with Crippen LogP contribution in [-0.2, 0) is 10.0 Å². The van der Waals surface area contributed by atoms with E-state index >= 15 is 0 Å². The lowest BCUT2D eigenvalue weighted by molar-refractivity contribution is 0.427. The van der Waals surface area contributed by atoms with Crippen LogP contribution in [0.2, 0.25) is 0 Å². The van der Waals surface area contributed by atoms with Crippen molar-refractivity contribution in [2.75, 3.05) is 13.1 Å². The minimum Gasteiger partial charge on any atom is -0.317 e. The Balaban J connectivity index is 2.17. The fourth-order valence-corrected chi connectivity index (χ4v) is 3.31. The van der Waals surface area contributed by atoms with Gasteiger partial charge in [0.25, 0.3) is 0 Å². The van der Waals surface area contributed by atoms with Crippen LogP contribution in [0.25, 0.3) is 0 Å². The Morgan fingerprint density at radius 1 is 1.33 bits per heavy atom. The minimum absolute atomic E-state index is 0.0259. The number of sulfonamides is 1. The Kier molecular flexibility index (Phi) is 3.97. The number of nitrogens with zero attached hydrogens (tertiary/aromatic N) is 1. The van der Waals surface area contributed by atoms with E-state index in [4.69, 9.17) is 5.26 Å². The molecule has 6 heteroatoms. The van der Waals surface area contributed by atoms with Crippen molar-refractivity contribution in [3.8, 4) is 6.07 Å². The summed E-state index contributed by atoms with van der Waals surface area (Å²) in [5.41, 5.74) is 0.350. The third-order valence-electron chi connectivity index (χ3n) is 2.93. The van der Waals surface area contributed by atoms with Crippen LogP contribution in [0, 0.1) is 11.3 Å². The monoisotopic (exact) mass is 265 g/mol. The summed E-state index contributed by atoms with van der Waals surface area (Å²) in [6, 6.07) is 7.98. The van der Waals surface area contributed by atoms with Gasteiger partial charge in [0.05, 0.1) is 16.5 Å². The van der Waals surface area contributed by atoms with Gasteiger partial charge in [-0.05, 0) is 44.1 Å². The largest absolute Gasteiger partial charge is 0.317 e. The summed E-state index contributed by atoms with van der Waals surface area (Å²) >= 11 is 0. The standard InChI is InChI=1S/C12H15N3O2S/c13-9-10-2-1-3-12(8-10)18(16,17)15-11-4-6-14-7-5-11/h1-3,8,11,14-15H,4-7H2. The van der Waals surface area contributed by atoms with Crippen molar-refractivity contribution in [1.29, 1.82) is 5.26 Å². The highest BCUT2D eigenvalue weighted by Gasteiger charge is 2.21. The molecular formula is C12H15N3O2S. The molecule has 0 atom stereocenters. The normalized spacial score (nSPS) is 17.3. The zero-order valence-corrected chi connectivity index (χ0v) is 10.7. The molecule has 0 unspecified atom stereocenters. The second kappa shape index (κ2) is 5.48. The topological polar surface area (TPSA) is 82.0 Å². The Morgan fingerprint density at radius 2 is 2.06 bits per heavy atom. The number of nitriles is 1. The zero-order valence-electron chi connectivity index (χ0n) is 9.89. The molecule has 1 aromatic carbocycles. The van der Waals surface area contributed by atoms with Crippen LogP contribution < -0.4 is 10.0 Å². The molecule has 1 saturated heterocycles. The molecule has 1 aromatic rings. The summed E-state index contributed by atoms with van der Waals surface area (Å²) in [4.78, 5) is 0.153. The molecule has 0 radical (unpaired) electrons. The molecule has 1 fully saturated rings. The van der Waals surface area contributed by atoms with Gasteiger partial charge in [0.2, 0.25) is 10.0 Å². The second-order valence-corrected chi connectivity index (χ2v) is 6.00. The van der Waals surface area contributed by atoms with Gasteiger partial charge in [0.15, 0.2) is 0 Å². The van der Waals surface area contributed by atoms with Crippen molar-refractivity contribution in [3.05, 3.63) is 29.8 Å². The van der Waals surface area contributed by atoms with E-state index in [0.29, 0.717) is 5.56 Å². The molecule has 0 amide bonds. The van der Waals surface area contributed by atoms with E-state index in [1.807, 2.05) is 6.07 Å². The fraction of sp³-hybridized carbons (Fsp3) is 0.417. The molecule has 2 N–H and O–H groups in total. The molecule has 1 aliphatic rings. The number of nitrogens with one attached hydrogen (secondary N) is 2. The van der Waals surface area contributed by atoms with E-state index in [2.05, 4.69) is 10.0 Å². The van der Waals surface area contributed by atoms with Gasteiger partial charge in [-0.15, -0.1) is 0 Å². The first-order chi connectivity index (χ1) is 8.62. The lowest BCUT2D eigenvalue weighted by atomic mass is 10.1. The summed E-state index contributed by atoms with van der Waals surface area (Å²) in [6.45, 7) is 1.65. The highest BCUT2D eigenvalue weighted by Crippen LogP contribution is 2.13. The summed E-state index contributed by atoms with van der Waals surface area (Å²) in [5.74, 6) is 0. The molecule has 96 valence electrons. The molecule has 18 heavy (non-hydrogen) atoms. The third kappa shape index (κ3) is 3.07. The summed E-state index contributed by atoms with van der Waals surface area (Å²) < 4.78 is 26.9. The third-order valence-corrected chi connectivity index (χ3v) is 4.45. The summed E-state index contributed by atoms with van der Waals surface area (Å²) in [6.07, 6.45) is 1.58. The second-order valence-electron chi connectivity index (χ2n) is 4.29. The fourth-order valence-electron chi connectivity index (χ4n) is 1.96. The van der Waals surface area contributed by atoms with Gasteiger partial charge >= 0.3 is 0 Å². The Morgan fingerprint density at radius 3 is 2.72 bits per heavy atom. The quantitative estimate of drug-likeness (QED) is 0.838. The first-order valence-electron chi connectivity index (χ1n) is 5.85. The van der Waals surface area contributed by atoms with Crippen molar-refractivity contribution in [2.24, 2.45) is 0 Å². The highest BCUT2D eigenvalue weighted by atomic mass is 32.2. The molecule has 0 aromatic heterocycles. The maximum atomic E-state index is 12.1. The van der Waals surface area contributed by atoms with E-state index in [0.717, 1.165) is 25.9 Å². The lowest BCUT2D eigenvalue weighted by Gasteiger charge is -2.23. The molecule has 1 aliphatic heterocycles. The summed E-state index contributed by atoms with van der Waals surface area (Å²) in [7, 11) is -3.52. The van der Waals surface area contributed by atoms with Crippen molar-refractivity contribution in [3.63, 3.8) is 0 Å². The lowest BCUT2D eigenvalue weighted by Crippen LogP contribution is -2.42. The Hall–Kier alpha value is -1.42. The minimum atomic E-state index is -3.52. The van der Waals surface area contributed by atoms with Crippen LogP contribution in [0.15, 0.2) is 29.2 Å². The number of piperidine rings is 1. The van der Waals surface area contributed by atoms with Crippen LogP contribution in [0.5, 0.6) is 0 Å². The zero-order chi connectivity index (χ0) is 13.0. The average Bonchev–Trinajstić information content (AvgIpc) is 2.39. The number of hydrogen-bond acceptors (Lipinski definition) is 4. The molecule has 0 bridgehead atoms. The van der Waals surface area contributed by atoms with Gasteiger partial charge in [0, 0.05) is 6.04 Å². The van der Waals surface area contributed by atoms with Gasteiger partial charge < -0.3 is 5.32 Å². The van der Waals surface area contributed by atoms with Crippen LogP contribution in [0.3, 0.4) is 0 Å². The molecule has 0 aliphatic carbocycles. The van der Waals surface area contributed by atoms with E-state index < -0.39 is 10.0 Å². The van der Waals surface area contributed by atoms with E-state index in [1.54, 1.807) is 12.1 Å². The number of benzene rings is 1. The molecule has 1 heterocycles. The Bertz CT molecular complexity index is 557. The number of rotatable bonds is 3. The molecular weight excluding hydrogens is 250 g/mol. The van der Waals surface area contributed by atoms with Gasteiger partial charge in [-0.1, -0.05) is 6.07 Å². The van der Waals surface area contributed by atoms with Gasteiger partial charge in [0.1, 0.15) is 0 Å². The predicted octanol–water partition coefficient (Wildman–Crippen LogP) is 0.589. The summed E-state index contributed by atoms with van der Waals surface area (Å²) in [5, 5.41) is 12.0. The van der Waals surface area contributed by atoms with Crippen LogP contribution in [0.4, 0.5) is 0 Å². The maximum absolute atomic E-state index is 12.1. The van der Waals surface area contributed by atoms with Crippen LogP contribution in [0.1, 0.15) is 18.4 Å². The molecule has 0 saturated carbocycles. The van der Waals surface area contributed by atoms with Crippen molar-refractivity contribution < 1.29 is 8.42 Å². The van der Waals surface area contributed by atoms with Crippen LogP contribution in [-0.4, -0.2) is 27.5 Å². The van der Waals surface area contributed by atoms with Crippen LogP contribution >= 0.6 is 0 Å². The highest BCUT2D eigenvalue weighted by molar-refractivity contribution is 7.89. The predicted molar refractivity (Wildman–Crippen MR) is 67.4 cm³/mol. The number of hydrogen-bond donors (Lipinski definition) is 2. The molecule has 5 nitrogen and oxygen atoms in total. The van der Waals surface area contributed by atoms with Gasteiger partial charge in [-0.25, -0.2) is 13.1 Å². The maximum Gasteiger partial charge on any atom is 0.240 e. The first kappa shape index (κ1) is 13.0. The Labute approximate surface area is 107 Å². The molecule has 2 rings (SSSR count). The van der Waals surface area contributed by atoms with E-state index in [1.165, 1.54) is 12.1 Å². The van der Waals surface area contributed by atoms with Gasteiger partial charge in [-0.2, -0.15) is 5.26 Å². The SMILES string of the molecule is N#Cc1cccc(S(=O)(=O)NC2CCNCC2)c1. The van der Waals surface area contributed by atoms with Crippen molar-refractivity contribution in [1.82, 2.24) is 10.0 Å². The average molecular weight is 265 g/mol. The smallest absolute Gasteiger partial charge is 0.240 e.